The van der Waals surface area contributed by atoms with E-state index in [0.717, 1.165) is 49.9 Å². The fourth-order valence-corrected chi connectivity index (χ4v) is 4.16. The number of benzene rings is 2. The van der Waals surface area contributed by atoms with Crippen molar-refractivity contribution in [2.75, 3.05) is 0 Å². The molecule has 0 saturated heterocycles. The Hall–Kier alpha value is -3.68. The van der Waals surface area contributed by atoms with Gasteiger partial charge in [-0.25, -0.2) is 0 Å². The molecule has 0 aliphatic heterocycles. The van der Waals surface area contributed by atoms with E-state index >= 15 is 0 Å². The summed E-state index contributed by atoms with van der Waals surface area (Å²) >= 11 is 6.33. The fourth-order valence-electron chi connectivity index (χ4n) is 3.98. The second-order valence-corrected chi connectivity index (χ2v) is 7.76. The van der Waals surface area contributed by atoms with E-state index in [-0.39, 0.29) is 0 Å². The molecule has 3 aromatic heterocycles. The molecule has 0 aliphatic carbocycles. The zero-order chi connectivity index (χ0) is 20.8. The van der Waals surface area contributed by atoms with E-state index in [1.165, 1.54) is 0 Å². The highest BCUT2D eigenvalue weighted by molar-refractivity contribution is 6.31. The minimum atomic E-state index is 0.642. The molecule has 144 valence electrons. The van der Waals surface area contributed by atoms with Crippen LogP contribution in [-0.4, -0.2) is 14.5 Å². The van der Waals surface area contributed by atoms with Crippen LogP contribution in [0.25, 0.3) is 38.6 Å². The molecule has 0 fully saturated rings. The number of nitriles is 1. The highest BCUT2D eigenvalue weighted by Crippen LogP contribution is 2.34. The van der Waals surface area contributed by atoms with Crippen molar-refractivity contribution in [3.8, 4) is 22.9 Å². The first-order valence-corrected chi connectivity index (χ1v) is 9.97. The van der Waals surface area contributed by atoms with Crippen LogP contribution in [0.2, 0.25) is 5.02 Å². The van der Waals surface area contributed by atoms with E-state index in [2.05, 4.69) is 28.6 Å². The van der Waals surface area contributed by atoms with Gasteiger partial charge >= 0.3 is 0 Å². The molecule has 2 aromatic carbocycles. The number of rotatable bonds is 2. The van der Waals surface area contributed by atoms with Crippen molar-refractivity contribution in [1.29, 1.82) is 5.26 Å². The normalized spacial score (nSPS) is 11.1. The number of hydrogen-bond acceptors (Lipinski definition) is 3. The van der Waals surface area contributed by atoms with Gasteiger partial charge in [0.25, 0.3) is 0 Å². The first-order chi connectivity index (χ1) is 14.6. The Morgan fingerprint density at radius 1 is 0.933 bits per heavy atom. The minimum Gasteiger partial charge on any atom is -0.315 e. The third kappa shape index (κ3) is 2.83. The lowest BCUT2D eigenvalue weighted by molar-refractivity contribution is 1.08. The number of nitrogens with zero attached hydrogens (tertiary/aromatic N) is 4. The summed E-state index contributed by atoms with van der Waals surface area (Å²) in [5.41, 5.74) is 7.58. The summed E-state index contributed by atoms with van der Waals surface area (Å²) in [7, 11) is 0. The number of hydrogen-bond donors (Lipinski definition) is 0. The summed E-state index contributed by atoms with van der Waals surface area (Å²) in [5.74, 6) is 0. The molecule has 3 heterocycles. The smallest absolute Gasteiger partial charge is 0.0998 e. The summed E-state index contributed by atoms with van der Waals surface area (Å²) < 4.78 is 2.14. The second kappa shape index (κ2) is 6.98. The standard InChI is InChI=1S/C25H17ClN4/c1-15-16(2)29-23-4-3-20(26)13-22(23)25(15)30-10-7-21-19(14-27)11-18(12-24(21)30)17-5-8-28-9-6-17/h3-13H,1-2H3. The van der Waals surface area contributed by atoms with Crippen LogP contribution in [0.15, 0.2) is 67.1 Å². The molecule has 0 bridgehead atoms. The summed E-state index contributed by atoms with van der Waals surface area (Å²) in [6, 6.07) is 18.1. The second-order valence-electron chi connectivity index (χ2n) is 7.32. The van der Waals surface area contributed by atoms with Gasteiger partial charge in [-0.15, -0.1) is 0 Å². The van der Waals surface area contributed by atoms with Gasteiger partial charge in [0.2, 0.25) is 0 Å². The third-order valence-electron chi connectivity index (χ3n) is 5.58. The van der Waals surface area contributed by atoms with Gasteiger partial charge in [-0.2, -0.15) is 5.26 Å². The molecular weight excluding hydrogens is 392 g/mol. The Labute approximate surface area is 179 Å². The van der Waals surface area contributed by atoms with Gasteiger partial charge in [0.05, 0.1) is 28.4 Å². The van der Waals surface area contributed by atoms with Crippen molar-refractivity contribution in [2.45, 2.75) is 13.8 Å². The van der Waals surface area contributed by atoms with Crippen LogP contribution in [0.5, 0.6) is 0 Å². The topological polar surface area (TPSA) is 54.5 Å². The Bertz CT molecular complexity index is 1480. The zero-order valence-corrected chi connectivity index (χ0v) is 17.3. The van der Waals surface area contributed by atoms with Gasteiger partial charge < -0.3 is 4.57 Å². The van der Waals surface area contributed by atoms with Crippen molar-refractivity contribution in [3.05, 3.63) is 89.0 Å². The maximum atomic E-state index is 9.79. The maximum absolute atomic E-state index is 9.79. The van der Waals surface area contributed by atoms with Crippen LogP contribution in [0, 0.1) is 25.2 Å². The quantitative estimate of drug-likeness (QED) is 0.340. The molecule has 5 aromatic rings. The third-order valence-corrected chi connectivity index (χ3v) is 5.82. The number of halogens is 1. The first kappa shape index (κ1) is 18.4. The van der Waals surface area contributed by atoms with E-state index < -0.39 is 0 Å². The van der Waals surface area contributed by atoms with Crippen LogP contribution in [0.1, 0.15) is 16.8 Å². The lowest BCUT2D eigenvalue weighted by Gasteiger charge is -2.16. The average Bonchev–Trinajstić information content (AvgIpc) is 3.18. The minimum absolute atomic E-state index is 0.642. The first-order valence-electron chi connectivity index (χ1n) is 9.59. The van der Waals surface area contributed by atoms with Crippen molar-refractivity contribution < 1.29 is 0 Å². The Kier molecular flexibility index (Phi) is 4.27. The molecule has 0 spiro atoms. The van der Waals surface area contributed by atoms with Gasteiger partial charge in [-0.05, 0) is 79.1 Å². The molecule has 30 heavy (non-hydrogen) atoms. The molecule has 5 rings (SSSR count). The SMILES string of the molecule is Cc1nc2ccc(Cl)cc2c(-n2ccc3c(C#N)cc(-c4ccncc4)cc32)c1C. The molecule has 0 unspecified atom stereocenters. The monoisotopic (exact) mass is 408 g/mol. The van der Waals surface area contributed by atoms with E-state index in [1.807, 2.05) is 55.6 Å². The highest BCUT2D eigenvalue weighted by Gasteiger charge is 2.16. The van der Waals surface area contributed by atoms with Crippen molar-refractivity contribution in [1.82, 2.24) is 14.5 Å². The largest absolute Gasteiger partial charge is 0.315 e. The van der Waals surface area contributed by atoms with E-state index in [9.17, 15) is 5.26 Å². The van der Waals surface area contributed by atoms with Crippen LogP contribution >= 0.6 is 11.6 Å². The molecule has 0 aliphatic rings. The lowest BCUT2D eigenvalue weighted by atomic mass is 10.0. The zero-order valence-electron chi connectivity index (χ0n) is 16.5. The fraction of sp³-hybridized carbons (Fsp3) is 0.0800. The van der Waals surface area contributed by atoms with Gasteiger partial charge in [0, 0.05) is 40.1 Å². The number of pyridine rings is 2. The van der Waals surface area contributed by atoms with Gasteiger partial charge in [-0.3, -0.25) is 9.97 Å². The molecule has 5 heteroatoms. The predicted octanol–water partition coefficient (Wildman–Crippen LogP) is 6.38. The molecular formula is C25H17ClN4. The number of aryl methyl sites for hydroxylation is 1. The van der Waals surface area contributed by atoms with Gasteiger partial charge in [0.1, 0.15) is 0 Å². The summed E-state index contributed by atoms with van der Waals surface area (Å²) in [4.78, 5) is 8.84. The van der Waals surface area contributed by atoms with E-state index in [4.69, 9.17) is 16.6 Å². The Morgan fingerprint density at radius 3 is 2.50 bits per heavy atom. The van der Waals surface area contributed by atoms with Crippen LogP contribution < -0.4 is 0 Å². The van der Waals surface area contributed by atoms with Crippen LogP contribution in [0.4, 0.5) is 0 Å². The Balaban J connectivity index is 1.88. The molecule has 0 saturated carbocycles. The molecule has 4 nitrogen and oxygen atoms in total. The van der Waals surface area contributed by atoms with Crippen LogP contribution in [-0.2, 0) is 0 Å². The lowest BCUT2D eigenvalue weighted by Crippen LogP contribution is -2.02. The Morgan fingerprint density at radius 2 is 1.73 bits per heavy atom. The summed E-state index contributed by atoms with van der Waals surface area (Å²) in [6.07, 6.45) is 5.54. The highest BCUT2D eigenvalue weighted by atomic mass is 35.5. The van der Waals surface area contributed by atoms with Gasteiger partial charge in [0.15, 0.2) is 0 Å². The summed E-state index contributed by atoms with van der Waals surface area (Å²) in [6.45, 7) is 4.09. The number of aromatic nitrogens is 3. The van der Waals surface area contributed by atoms with Crippen LogP contribution in [0.3, 0.4) is 0 Å². The van der Waals surface area contributed by atoms with Crippen molar-refractivity contribution >= 4 is 33.4 Å². The van der Waals surface area contributed by atoms with Crippen molar-refractivity contribution in [3.63, 3.8) is 0 Å². The van der Waals surface area contributed by atoms with Crippen molar-refractivity contribution in [2.24, 2.45) is 0 Å². The molecule has 0 N–H and O–H groups in total. The molecule has 0 atom stereocenters. The number of fused-ring (bicyclic) bond motifs is 2. The molecule has 0 radical (unpaired) electrons. The average molecular weight is 409 g/mol. The maximum Gasteiger partial charge on any atom is 0.0998 e. The molecule has 0 amide bonds. The van der Waals surface area contributed by atoms with Gasteiger partial charge in [-0.1, -0.05) is 11.6 Å². The summed E-state index contributed by atoms with van der Waals surface area (Å²) in [5, 5.41) is 12.4. The van der Waals surface area contributed by atoms with E-state index in [0.29, 0.717) is 10.6 Å². The predicted molar refractivity (Wildman–Crippen MR) is 121 cm³/mol. The van der Waals surface area contributed by atoms with E-state index in [1.54, 1.807) is 12.4 Å².